The summed E-state index contributed by atoms with van der Waals surface area (Å²) in [6, 6.07) is 0. The summed E-state index contributed by atoms with van der Waals surface area (Å²) in [5.41, 5.74) is 0. The summed E-state index contributed by atoms with van der Waals surface area (Å²) in [5, 5.41) is 0. The third kappa shape index (κ3) is 1.10. The zero-order chi connectivity index (χ0) is 6.10. The second-order valence-electron chi connectivity index (χ2n) is 2.78. The monoisotopic (exact) mass is 127 g/mol. The molecular weight excluding hydrogens is 116 g/mol. The van der Waals surface area contributed by atoms with Crippen molar-refractivity contribution in [2.24, 2.45) is 5.92 Å². The summed E-state index contributed by atoms with van der Waals surface area (Å²) in [6.07, 6.45) is 4.86. The third-order valence-corrected chi connectivity index (χ3v) is 2.05. The Morgan fingerprint density at radius 1 is 1.44 bits per heavy atom. The molecule has 1 aliphatic heterocycles. The largest absolute Gasteiger partial charge is 0.355 e. The van der Waals surface area contributed by atoms with Crippen molar-refractivity contribution in [1.82, 2.24) is 0 Å². The molecule has 1 unspecified atom stereocenters. The van der Waals surface area contributed by atoms with Gasteiger partial charge in [-0.25, -0.2) is 0 Å². The van der Waals surface area contributed by atoms with E-state index in [9.17, 15) is 0 Å². The fourth-order valence-corrected chi connectivity index (χ4v) is 1.50. The van der Waals surface area contributed by atoms with Gasteiger partial charge in [-0.3, -0.25) is 0 Å². The van der Waals surface area contributed by atoms with Crippen LogP contribution >= 0.6 is 0 Å². The van der Waals surface area contributed by atoms with E-state index in [1.165, 1.54) is 18.9 Å². The molecule has 2 fully saturated rings. The molecule has 0 spiro atoms. The number of hydrogen-bond donors (Lipinski definition) is 0. The van der Waals surface area contributed by atoms with Gasteiger partial charge in [0.05, 0.1) is 6.61 Å². The smallest absolute Gasteiger partial charge is 0.147 e. The Bertz CT molecular complexity index is 91.1. The molecule has 2 nitrogen and oxygen atoms in total. The molecule has 0 aromatic rings. The molecule has 0 amide bonds. The van der Waals surface area contributed by atoms with E-state index in [0.717, 1.165) is 18.9 Å². The predicted molar refractivity (Wildman–Crippen MR) is 32.5 cm³/mol. The van der Waals surface area contributed by atoms with Crippen LogP contribution in [0.25, 0.3) is 0 Å². The van der Waals surface area contributed by atoms with Gasteiger partial charge in [0.15, 0.2) is 0 Å². The number of ether oxygens (including phenoxy) is 2. The molecule has 1 atom stereocenters. The van der Waals surface area contributed by atoms with E-state index in [4.69, 9.17) is 9.47 Å². The van der Waals surface area contributed by atoms with Crippen molar-refractivity contribution in [3.63, 3.8) is 0 Å². The first-order chi connectivity index (χ1) is 4.45. The minimum absolute atomic E-state index is 0.492. The van der Waals surface area contributed by atoms with E-state index in [1.54, 1.807) is 0 Å². The van der Waals surface area contributed by atoms with Crippen LogP contribution in [0, 0.1) is 12.0 Å². The van der Waals surface area contributed by atoms with Crippen LogP contribution in [-0.4, -0.2) is 13.4 Å². The van der Waals surface area contributed by atoms with Gasteiger partial charge in [-0.2, -0.15) is 0 Å². The van der Waals surface area contributed by atoms with Crippen LogP contribution in [-0.2, 0) is 9.47 Å². The minimum atomic E-state index is 0.492. The summed E-state index contributed by atoms with van der Waals surface area (Å²) in [6.45, 7) is 1.40. The number of hydrogen-bond acceptors (Lipinski definition) is 2. The Morgan fingerprint density at radius 3 is 3.44 bits per heavy atom. The molecular formula is C7H11O2. The lowest BCUT2D eigenvalue weighted by Gasteiger charge is -2.07. The molecule has 9 heavy (non-hydrogen) atoms. The average Bonchev–Trinajstić information content (AvgIpc) is 2.09. The topological polar surface area (TPSA) is 18.5 Å². The van der Waals surface area contributed by atoms with Crippen LogP contribution in [0.2, 0.25) is 0 Å². The SMILES string of the molecule is C1OCC2CC[C](C2)O1. The van der Waals surface area contributed by atoms with Crippen molar-refractivity contribution in [2.75, 3.05) is 13.4 Å². The highest BCUT2D eigenvalue weighted by Gasteiger charge is 2.28. The van der Waals surface area contributed by atoms with Crippen molar-refractivity contribution < 1.29 is 9.47 Å². The Morgan fingerprint density at radius 2 is 2.44 bits per heavy atom. The molecule has 1 radical (unpaired) electrons. The van der Waals surface area contributed by atoms with Crippen LogP contribution < -0.4 is 0 Å². The summed E-state index contributed by atoms with van der Waals surface area (Å²) in [4.78, 5) is 0. The van der Waals surface area contributed by atoms with E-state index in [0.29, 0.717) is 6.79 Å². The standard InChI is InChI=1S/C7H11O2/c1-2-7-3-6(1)4-8-5-9-7/h6H,1-5H2. The van der Waals surface area contributed by atoms with E-state index in [-0.39, 0.29) is 0 Å². The van der Waals surface area contributed by atoms with Crippen LogP contribution in [0.15, 0.2) is 0 Å². The van der Waals surface area contributed by atoms with Crippen LogP contribution in [0.3, 0.4) is 0 Å². The molecule has 1 heterocycles. The lowest BCUT2D eigenvalue weighted by atomic mass is 10.1. The quantitative estimate of drug-likeness (QED) is 0.488. The molecule has 51 valence electrons. The first-order valence-electron chi connectivity index (χ1n) is 3.50. The summed E-state index contributed by atoms with van der Waals surface area (Å²) in [5.74, 6) is 0.766. The van der Waals surface area contributed by atoms with Crippen molar-refractivity contribution >= 4 is 0 Å². The molecule has 0 aromatic heterocycles. The Balaban J connectivity index is 1.99. The van der Waals surface area contributed by atoms with Gasteiger partial charge in [0.2, 0.25) is 0 Å². The van der Waals surface area contributed by atoms with Gasteiger partial charge in [-0.15, -0.1) is 0 Å². The maximum atomic E-state index is 5.29. The second kappa shape index (κ2) is 2.27. The van der Waals surface area contributed by atoms with E-state index < -0.39 is 0 Å². The average molecular weight is 127 g/mol. The molecule has 0 N–H and O–H groups in total. The second-order valence-corrected chi connectivity index (χ2v) is 2.78. The van der Waals surface area contributed by atoms with Gasteiger partial charge in [0.25, 0.3) is 0 Å². The van der Waals surface area contributed by atoms with Crippen LogP contribution in [0.4, 0.5) is 0 Å². The normalized spacial score (nSPS) is 36.7. The highest BCUT2D eigenvalue weighted by Crippen LogP contribution is 2.35. The maximum Gasteiger partial charge on any atom is 0.147 e. The summed E-state index contributed by atoms with van der Waals surface area (Å²) in [7, 11) is 0. The Labute approximate surface area is 55.1 Å². The summed E-state index contributed by atoms with van der Waals surface area (Å²) < 4.78 is 10.5. The molecule has 2 aliphatic rings. The molecule has 2 heteroatoms. The first kappa shape index (κ1) is 5.69. The van der Waals surface area contributed by atoms with Crippen LogP contribution in [0.5, 0.6) is 0 Å². The molecule has 2 bridgehead atoms. The number of fused-ring (bicyclic) bond motifs is 2. The zero-order valence-electron chi connectivity index (χ0n) is 5.43. The highest BCUT2D eigenvalue weighted by molar-refractivity contribution is 4.90. The van der Waals surface area contributed by atoms with Gasteiger partial charge < -0.3 is 9.47 Å². The van der Waals surface area contributed by atoms with Gasteiger partial charge in [-0.05, 0) is 25.2 Å². The minimum Gasteiger partial charge on any atom is -0.355 e. The van der Waals surface area contributed by atoms with E-state index >= 15 is 0 Å². The fraction of sp³-hybridized carbons (Fsp3) is 0.857. The lowest BCUT2D eigenvalue weighted by Crippen LogP contribution is -2.05. The molecule has 0 aromatic carbocycles. The first-order valence-corrected chi connectivity index (χ1v) is 3.50. The van der Waals surface area contributed by atoms with Crippen LogP contribution in [0.1, 0.15) is 19.3 Å². The number of rotatable bonds is 0. The third-order valence-electron chi connectivity index (χ3n) is 2.05. The van der Waals surface area contributed by atoms with Gasteiger partial charge >= 0.3 is 0 Å². The van der Waals surface area contributed by atoms with Crippen molar-refractivity contribution in [1.29, 1.82) is 0 Å². The summed E-state index contributed by atoms with van der Waals surface area (Å²) >= 11 is 0. The van der Waals surface area contributed by atoms with Crippen molar-refractivity contribution in [3.05, 3.63) is 6.10 Å². The molecule has 2 rings (SSSR count). The zero-order valence-corrected chi connectivity index (χ0v) is 5.43. The highest BCUT2D eigenvalue weighted by atomic mass is 16.7. The Kier molecular flexibility index (Phi) is 1.44. The van der Waals surface area contributed by atoms with Crippen molar-refractivity contribution in [3.8, 4) is 0 Å². The van der Waals surface area contributed by atoms with E-state index in [2.05, 4.69) is 0 Å². The van der Waals surface area contributed by atoms with Gasteiger partial charge in [0, 0.05) is 0 Å². The predicted octanol–water partition coefficient (Wildman–Crippen LogP) is 1.32. The maximum absolute atomic E-state index is 5.29. The van der Waals surface area contributed by atoms with E-state index in [1.807, 2.05) is 0 Å². The van der Waals surface area contributed by atoms with Crippen molar-refractivity contribution in [2.45, 2.75) is 19.3 Å². The van der Waals surface area contributed by atoms with Gasteiger partial charge in [-0.1, -0.05) is 0 Å². The molecule has 1 aliphatic carbocycles. The molecule has 1 saturated heterocycles. The fourth-order valence-electron chi connectivity index (χ4n) is 1.50. The lowest BCUT2D eigenvalue weighted by molar-refractivity contribution is -0.0436. The van der Waals surface area contributed by atoms with Gasteiger partial charge in [0.1, 0.15) is 12.9 Å². The Hall–Kier alpha value is -0.0800. The molecule has 1 saturated carbocycles.